The fourth-order valence-electron chi connectivity index (χ4n) is 1.27. The van der Waals surface area contributed by atoms with Crippen molar-refractivity contribution in [3.8, 4) is 0 Å². The number of nitrogens with two attached hydrogens (primary N) is 1. The van der Waals surface area contributed by atoms with Gasteiger partial charge < -0.3 is 10.6 Å². The minimum Gasteiger partial charge on any atom is -0.341 e. The molecule has 1 saturated carbocycles. The Kier molecular flexibility index (Phi) is 4.06. The Morgan fingerprint density at radius 2 is 2.31 bits per heavy atom. The number of rotatable bonds is 5. The highest BCUT2D eigenvalue weighted by atomic mass is 32.2. The Morgan fingerprint density at radius 1 is 1.69 bits per heavy atom. The van der Waals surface area contributed by atoms with Crippen molar-refractivity contribution in [1.29, 1.82) is 0 Å². The summed E-state index contributed by atoms with van der Waals surface area (Å²) in [5.41, 5.74) is 5.77. The number of thioether (sulfide) groups is 1. The molecule has 0 aromatic carbocycles. The molecule has 76 valence electrons. The Bertz CT molecular complexity index is 182. The summed E-state index contributed by atoms with van der Waals surface area (Å²) in [6.45, 7) is 0. The highest BCUT2D eigenvalue weighted by Gasteiger charge is 2.31. The highest BCUT2D eigenvalue weighted by molar-refractivity contribution is 7.98. The first-order chi connectivity index (χ1) is 6.16. The van der Waals surface area contributed by atoms with Crippen LogP contribution in [0.25, 0.3) is 0 Å². The van der Waals surface area contributed by atoms with E-state index in [0.717, 1.165) is 25.0 Å². The molecule has 1 atom stereocenters. The van der Waals surface area contributed by atoms with Gasteiger partial charge in [-0.15, -0.1) is 0 Å². The summed E-state index contributed by atoms with van der Waals surface area (Å²) in [5, 5.41) is 0. The van der Waals surface area contributed by atoms with E-state index >= 15 is 0 Å². The third kappa shape index (κ3) is 3.19. The van der Waals surface area contributed by atoms with Crippen LogP contribution in [-0.2, 0) is 4.79 Å². The van der Waals surface area contributed by atoms with Gasteiger partial charge in [0.15, 0.2) is 0 Å². The maximum absolute atomic E-state index is 11.6. The van der Waals surface area contributed by atoms with E-state index in [1.54, 1.807) is 11.8 Å². The maximum Gasteiger partial charge on any atom is 0.239 e. The number of amides is 1. The van der Waals surface area contributed by atoms with Crippen molar-refractivity contribution in [3.63, 3.8) is 0 Å². The quantitative estimate of drug-likeness (QED) is 0.713. The van der Waals surface area contributed by atoms with Crippen molar-refractivity contribution in [2.75, 3.05) is 19.1 Å². The normalized spacial score (nSPS) is 18.4. The van der Waals surface area contributed by atoms with E-state index in [4.69, 9.17) is 5.73 Å². The summed E-state index contributed by atoms with van der Waals surface area (Å²) in [6.07, 6.45) is 5.12. The molecule has 3 nitrogen and oxygen atoms in total. The molecular formula is C9H18N2OS. The van der Waals surface area contributed by atoms with E-state index in [0.29, 0.717) is 6.04 Å². The Labute approximate surface area is 84.0 Å². The van der Waals surface area contributed by atoms with Crippen LogP contribution in [0.5, 0.6) is 0 Å². The summed E-state index contributed by atoms with van der Waals surface area (Å²) < 4.78 is 0. The van der Waals surface area contributed by atoms with E-state index in [1.807, 2.05) is 18.2 Å². The molecule has 13 heavy (non-hydrogen) atoms. The van der Waals surface area contributed by atoms with Crippen LogP contribution in [0.4, 0.5) is 0 Å². The van der Waals surface area contributed by atoms with Crippen LogP contribution in [0, 0.1) is 0 Å². The molecule has 1 fully saturated rings. The molecule has 1 rings (SSSR count). The van der Waals surface area contributed by atoms with Crippen molar-refractivity contribution in [2.24, 2.45) is 5.73 Å². The van der Waals surface area contributed by atoms with Crippen LogP contribution < -0.4 is 5.73 Å². The van der Waals surface area contributed by atoms with Crippen molar-refractivity contribution >= 4 is 17.7 Å². The van der Waals surface area contributed by atoms with Crippen molar-refractivity contribution in [2.45, 2.75) is 31.3 Å². The Morgan fingerprint density at radius 3 is 2.77 bits per heavy atom. The zero-order valence-corrected chi connectivity index (χ0v) is 9.14. The molecule has 1 aliphatic carbocycles. The number of nitrogens with zero attached hydrogens (tertiary/aromatic N) is 1. The number of carbonyl (C=O) groups is 1. The molecule has 0 saturated heterocycles. The van der Waals surface area contributed by atoms with Gasteiger partial charge >= 0.3 is 0 Å². The predicted octanol–water partition coefficient (Wildman–Crippen LogP) is 0.688. The minimum absolute atomic E-state index is 0.108. The second kappa shape index (κ2) is 4.86. The molecular weight excluding hydrogens is 184 g/mol. The molecule has 0 spiro atoms. The average molecular weight is 202 g/mol. The van der Waals surface area contributed by atoms with Gasteiger partial charge in [-0.05, 0) is 31.3 Å². The largest absolute Gasteiger partial charge is 0.341 e. The van der Waals surface area contributed by atoms with Crippen molar-refractivity contribution in [1.82, 2.24) is 4.90 Å². The minimum atomic E-state index is -0.293. The van der Waals surface area contributed by atoms with Gasteiger partial charge in [-0.25, -0.2) is 0 Å². The zero-order chi connectivity index (χ0) is 9.84. The summed E-state index contributed by atoms with van der Waals surface area (Å²) in [7, 11) is 1.86. The highest BCUT2D eigenvalue weighted by Crippen LogP contribution is 2.25. The van der Waals surface area contributed by atoms with Crippen LogP contribution in [0.1, 0.15) is 19.3 Å². The lowest BCUT2D eigenvalue weighted by Gasteiger charge is -2.20. The van der Waals surface area contributed by atoms with Crippen LogP contribution in [-0.4, -0.2) is 41.9 Å². The molecule has 0 heterocycles. The number of carbonyl (C=O) groups excluding carboxylic acids is 1. The molecule has 0 bridgehead atoms. The maximum atomic E-state index is 11.6. The number of hydrogen-bond donors (Lipinski definition) is 1. The number of hydrogen-bond acceptors (Lipinski definition) is 3. The molecule has 0 aliphatic heterocycles. The zero-order valence-electron chi connectivity index (χ0n) is 8.32. The van der Waals surface area contributed by atoms with E-state index in [1.165, 1.54) is 0 Å². The van der Waals surface area contributed by atoms with Crippen LogP contribution in [0.15, 0.2) is 0 Å². The van der Waals surface area contributed by atoms with Gasteiger partial charge in [0.1, 0.15) is 0 Å². The molecule has 4 heteroatoms. The van der Waals surface area contributed by atoms with Crippen molar-refractivity contribution < 1.29 is 4.79 Å². The van der Waals surface area contributed by atoms with Crippen LogP contribution in [0.3, 0.4) is 0 Å². The molecule has 1 aliphatic rings. The lowest BCUT2D eigenvalue weighted by molar-refractivity contribution is -0.131. The molecule has 0 aromatic heterocycles. The topological polar surface area (TPSA) is 46.3 Å². The van der Waals surface area contributed by atoms with E-state index in [2.05, 4.69) is 0 Å². The Balaban J connectivity index is 2.27. The van der Waals surface area contributed by atoms with Gasteiger partial charge in [0.05, 0.1) is 6.04 Å². The fourth-order valence-corrected chi connectivity index (χ4v) is 1.76. The van der Waals surface area contributed by atoms with Gasteiger partial charge in [0.25, 0.3) is 0 Å². The van der Waals surface area contributed by atoms with Gasteiger partial charge in [-0.1, -0.05) is 0 Å². The fraction of sp³-hybridized carbons (Fsp3) is 0.889. The van der Waals surface area contributed by atoms with E-state index in [9.17, 15) is 4.79 Å². The second-order valence-electron chi connectivity index (χ2n) is 3.57. The Hall–Kier alpha value is -0.220. The SMILES string of the molecule is CSCC[C@@H](N)C(=O)N(C)C1CC1. The monoisotopic (exact) mass is 202 g/mol. The summed E-state index contributed by atoms with van der Waals surface area (Å²) in [4.78, 5) is 13.4. The first-order valence-corrected chi connectivity index (χ1v) is 6.07. The summed E-state index contributed by atoms with van der Waals surface area (Å²) in [5.74, 6) is 1.07. The van der Waals surface area contributed by atoms with Crippen molar-refractivity contribution in [3.05, 3.63) is 0 Å². The molecule has 0 radical (unpaired) electrons. The van der Waals surface area contributed by atoms with Crippen LogP contribution >= 0.6 is 11.8 Å². The van der Waals surface area contributed by atoms with E-state index in [-0.39, 0.29) is 11.9 Å². The molecule has 2 N–H and O–H groups in total. The smallest absolute Gasteiger partial charge is 0.239 e. The van der Waals surface area contributed by atoms with Gasteiger partial charge in [0, 0.05) is 13.1 Å². The van der Waals surface area contributed by atoms with Gasteiger partial charge in [-0.3, -0.25) is 4.79 Å². The molecule has 0 unspecified atom stereocenters. The second-order valence-corrected chi connectivity index (χ2v) is 4.55. The summed E-state index contributed by atoms with van der Waals surface area (Å²) >= 11 is 1.73. The third-order valence-corrected chi connectivity index (χ3v) is 3.04. The average Bonchev–Trinajstić information content (AvgIpc) is 2.94. The van der Waals surface area contributed by atoms with Gasteiger partial charge in [0.2, 0.25) is 5.91 Å². The lowest BCUT2D eigenvalue weighted by atomic mass is 10.2. The van der Waals surface area contributed by atoms with E-state index < -0.39 is 0 Å². The first-order valence-electron chi connectivity index (χ1n) is 4.68. The number of likely N-dealkylation sites (N-methyl/N-ethyl adjacent to an activating group) is 1. The van der Waals surface area contributed by atoms with Crippen LogP contribution in [0.2, 0.25) is 0 Å². The molecule has 0 aromatic rings. The third-order valence-electron chi connectivity index (χ3n) is 2.39. The lowest BCUT2D eigenvalue weighted by Crippen LogP contribution is -2.43. The van der Waals surface area contributed by atoms with Gasteiger partial charge in [-0.2, -0.15) is 11.8 Å². The summed E-state index contributed by atoms with van der Waals surface area (Å²) in [6, 6.07) is 0.186. The first kappa shape index (κ1) is 10.9. The predicted molar refractivity (Wildman–Crippen MR) is 56.8 cm³/mol. The molecule has 1 amide bonds. The standard InChI is InChI=1S/C9H18N2OS/c1-11(7-3-4-7)9(12)8(10)5-6-13-2/h7-8H,3-6,10H2,1-2H3/t8-/m1/s1.